The normalized spacial score (nSPS) is 24.1. The Balaban J connectivity index is 1.24. The molecule has 2 atom stereocenters. The van der Waals surface area contributed by atoms with Crippen LogP contribution < -0.4 is 5.32 Å². The van der Waals surface area contributed by atoms with Crippen molar-refractivity contribution in [3.05, 3.63) is 18.2 Å². The molecule has 2 aliphatic rings. The number of likely N-dealkylation sites (tertiary alicyclic amines) is 1. The zero-order valence-corrected chi connectivity index (χ0v) is 20.5. The first-order chi connectivity index (χ1) is 15.3. The lowest BCUT2D eigenvalue weighted by Gasteiger charge is -2.35. The number of benzene rings is 1. The summed E-state index contributed by atoms with van der Waals surface area (Å²) in [4.78, 5) is 15.3. The first-order valence-corrected chi connectivity index (χ1v) is 13.7. The SMILES string of the molecule is C[C@@H]1C[C@H](C)CN(CCCNC(=O)C2CCN(S(=O)(=O)c3cccc4nsnc34)CC2)C1. The minimum Gasteiger partial charge on any atom is -0.356 e. The fourth-order valence-electron chi connectivity index (χ4n) is 5.12. The van der Waals surface area contributed by atoms with Crippen LogP contribution in [0, 0.1) is 17.8 Å². The number of amides is 1. The highest BCUT2D eigenvalue weighted by Gasteiger charge is 2.33. The lowest BCUT2D eigenvalue weighted by Crippen LogP contribution is -2.43. The van der Waals surface area contributed by atoms with E-state index in [1.165, 1.54) is 10.7 Å². The van der Waals surface area contributed by atoms with Gasteiger partial charge >= 0.3 is 0 Å². The quantitative estimate of drug-likeness (QED) is 0.614. The number of carbonyl (C=O) groups excluding carboxylic acids is 1. The van der Waals surface area contributed by atoms with Crippen molar-refractivity contribution in [3.8, 4) is 0 Å². The Hall–Kier alpha value is -1.62. The second-order valence-corrected chi connectivity index (χ2v) is 11.9. The molecule has 0 aliphatic carbocycles. The van der Waals surface area contributed by atoms with Crippen molar-refractivity contribution >= 4 is 38.7 Å². The summed E-state index contributed by atoms with van der Waals surface area (Å²) in [5, 5.41) is 3.07. The highest BCUT2D eigenvalue weighted by Crippen LogP contribution is 2.28. The summed E-state index contributed by atoms with van der Waals surface area (Å²) in [6.45, 7) is 9.30. The zero-order chi connectivity index (χ0) is 22.7. The number of hydrogen-bond donors (Lipinski definition) is 1. The minimum atomic E-state index is -3.65. The molecule has 2 aliphatic heterocycles. The third-order valence-corrected chi connectivity index (χ3v) is 9.06. The Bertz CT molecular complexity index is 1020. The molecule has 1 N–H and O–H groups in total. The number of sulfonamides is 1. The molecule has 0 spiro atoms. The number of rotatable bonds is 7. The van der Waals surface area contributed by atoms with Crippen LogP contribution in [0.4, 0.5) is 0 Å². The topological polar surface area (TPSA) is 95.5 Å². The second-order valence-electron chi connectivity index (χ2n) is 9.42. The molecule has 10 heteroatoms. The van der Waals surface area contributed by atoms with Gasteiger partial charge in [0.2, 0.25) is 15.9 Å². The first-order valence-electron chi connectivity index (χ1n) is 11.6. The molecule has 2 saturated heterocycles. The van der Waals surface area contributed by atoms with E-state index >= 15 is 0 Å². The van der Waals surface area contributed by atoms with Crippen LogP contribution in [0.5, 0.6) is 0 Å². The molecule has 1 aromatic heterocycles. The van der Waals surface area contributed by atoms with E-state index < -0.39 is 10.0 Å². The number of hydrogen-bond acceptors (Lipinski definition) is 7. The van der Waals surface area contributed by atoms with E-state index in [0.717, 1.165) is 49.6 Å². The van der Waals surface area contributed by atoms with Gasteiger partial charge in [-0.15, -0.1) is 0 Å². The molecule has 2 aromatic rings. The summed E-state index contributed by atoms with van der Waals surface area (Å²) in [6.07, 6.45) is 3.33. The molecular weight excluding hydrogens is 446 g/mol. The van der Waals surface area contributed by atoms with Gasteiger partial charge in [-0.25, -0.2) is 8.42 Å². The van der Waals surface area contributed by atoms with Crippen LogP contribution in [-0.4, -0.2) is 71.5 Å². The van der Waals surface area contributed by atoms with E-state index in [2.05, 4.69) is 32.8 Å². The number of aromatic nitrogens is 2. The Morgan fingerprint density at radius 3 is 2.59 bits per heavy atom. The average Bonchev–Trinajstić information content (AvgIpc) is 3.25. The summed E-state index contributed by atoms with van der Waals surface area (Å²) in [7, 11) is -3.65. The van der Waals surface area contributed by atoms with Crippen LogP contribution in [0.1, 0.15) is 39.5 Å². The zero-order valence-electron chi connectivity index (χ0n) is 18.9. The fourth-order valence-corrected chi connectivity index (χ4v) is 7.34. The van der Waals surface area contributed by atoms with Gasteiger partial charge in [0.1, 0.15) is 15.9 Å². The van der Waals surface area contributed by atoms with Gasteiger partial charge in [-0.2, -0.15) is 13.1 Å². The van der Waals surface area contributed by atoms with Gasteiger partial charge in [-0.3, -0.25) is 4.79 Å². The number of nitrogens with one attached hydrogen (secondary N) is 1. The molecule has 1 amide bonds. The molecular formula is C22H33N5O3S2. The third-order valence-electron chi connectivity index (χ3n) is 6.59. The van der Waals surface area contributed by atoms with Gasteiger partial charge in [-0.1, -0.05) is 19.9 Å². The van der Waals surface area contributed by atoms with Crippen molar-refractivity contribution in [2.24, 2.45) is 17.8 Å². The van der Waals surface area contributed by atoms with Gasteiger partial charge < -0.3 is 10.2 Å². The first kappa shape index (κ1) is 23.5. The van der Waals surface area contributed by atoms with Crippen molar-refractivity contribution in [1.82, 2.24) is 23.3 Å². The predicted octanol–water partition coefficient (Wildman–Crippen LogP) is 2.58. The standard InChI is InChI=1S/C22H33N5O3S2/c1-16-13-17(2)15-26(14-16)10-4-9-23-22(28)18-7-11-27(12-8-18)32(29,30)20-6-3-5-19-21(20)25-31-24-19/h3,5-6,16-18H,4,7-15H2,1-2H3,(H,23,28)/t16-,17+. The molecule has 0 bridgehead atoms. The van der Waals surface area contributed by atoms with Crippen molar-refractivity contribution in [3.63, 3.8) is 0 Å². The van der Waals surface area contributed by atoms with Gasteiger partial charge in [0.15, 0.2) is 0 Å². The van der Waals surface area contributed by atoms with Crippen LogP contribution in [0.25, 0.3) is 11.0 Å². The summed E-state index contributed by atoms with van der Waals surface area (Å²) in [6, 6.07) is 5.05. The number of piperidine rings is 2. The Morgan fingerprint density at radius 2 is 1.88 bits per heavy atom. The summed E-state index contributed by atoms with van der Waals surface area (Å²) in [5.74, 6) is 1.41. The number of fused-ring (bicyclic) bond motifs is 1. The minimum absolute atomic E-state index is 0.0493. The van der Waals surface area contributed by atoms with Crippen molar-refractivity contribution < 1.29 is 13.2 Å². The van der Waals surface area contributed by atoms with Crippen LogP contribution >= 0.6 is 11.7 Å². The van der Waals surface area contributed by atoms with E-state index in [4.69, 9.17) is 0 Å². The Kier molecular flexibility index (Phi) is 7.44. The summed E-state index contributed by atoms with van der Waals surface area (Å²) < 4.78 is 36.1. The van der Waals surface area contributed by atoms with Crippen molar-refractivity contribution in [1.29, 1.82) is 0 Å². The van der Waals surface area contributed by atoms with E-state index in [1.807, 2.05) is 0 Å². The Morgan fingerprint density at radius 1 is 1.16 bits per heavy atom. The lowest BCUT2D eigenvalue weighted by atomic mass is 9.92. The number of carbonyl (C=O) groups is 1. The molecule has 3 heterocycles. The largest absolute Gasteiger partial charge is 0.356 e. The molecule has 0 radical (unpaired) electrons. The van der Waals surface area contributed by atoms with Gasteiger partial charge in [0.25, 0.3) is 0 Å². The predicted molar refractivity (Wildman–Crippen MR) is 126 cm³/mol. The lowest BCUT2D eigenvalue weighted by molar-refractivity contribution is -0.126. The van der Waals surface area contributed by atoms with Crippen LogP contribution in [0.15, 0.2) is 23.1 Å². The third kappa shape index (κ3) is 5.30. The molecule has 0 saturated carbocycles. The molecule has 176 valence electrons. The maximum Gasteiger partial charge on any atom is 0.245 e. The molecule has 4 rings (SSSR count). The smallest absolute Gasteiger partial charge is 0.245 e. The molecule has 32 heavy (non-hydrogen) atoms. The van der Waals surface area contributed by atoms with Gasteiger partial charge in [-0.05, 0) is 56.2 Å². The maximum atomic E-state index is 13.1. The molecule has 0 unspecified atom stereocenters. The average molecular weight is 480 g/mol. The monoisotopic (exact) mass is 479 g/mol. The summed E-state index contributed by atoms with van der Waals surface area (Å²) >= 11 is 1.01. The van der Waals surface area contributed by atoms with Crippen LogP contribution in [0.2, 0.25) is 0 Å². The summed E-state index contributed by atoms with van der Waals surface area (Å²) in [5.41, 5.74) is 1.02. The second kappa shape index (κ2) is 10.1. The molecule has 2 fully saturated rings. The van der Waals surface area contributed by atoms with E-state index in [0.29, 0.717) is 43.5 Å². The highest BCUT2D eigenvalue weighted by atomic mass is 32.2. The highest BCUT2D eigenvalue weighted by molar-refractivity contribution is 7.89. The fraction of sp³-hybridized carbons (Fsp3) is 0.682. The van der Waals surface area contributed by atoms with Crippen molar-refractivity contribution in [2.45, 2.75) is 44.4 Å². The van der Waals surface area contributed by atoms with Crippen molar-refractivity contribution in [2.75, 3.05) is 39.3 Å². The molecule has 8 nitrogen and oxygen atoms in total. The Labute approximate surface area is 194 Å². The van der Waals surface area contributed by atoms with Gasteiger partial charge in [0, 0.05) is 38.6 Å². The van der Waals surface area contributed by atoms with E-state index in [9.17, 15) is 13.2 Å². The van der Waals surface area contributed by atoms with Gasteiger partial charge in [0.05, 0.1) is 11.7 Å². The maximum absolute atomic E-state index is 13.1. The number of nitrogens with zero attached hydrogens (tertiary/aromatic N) is 4. The van der Waals surface area contributed by atoms with E-state index in [1.54, 1.807) is 18.2 Å². The van der Waals surface area contributed by atoms with E-state index in [-0.39, 0.29) is 16.7 Å². The molecule has 1 aromatic carbocycles. The van der Waals surface area contributed by atoms with Crippen LogP contribution in [-0.2, 0) is 14.8 Å². The van der Waals surface area contributed by atoms with Crippen LogP contribution in [0.3, 0.4) is 0 Å².